The van der Waals surface area contributed by atoms with E-state index in [1.165, 1.54) is 51.4 Å². The lowest BCUT2D eigenvalue weighted by atomic mass is 10.2. The van der Waals surface area contributed by atoms with Crippen molar-refractivity contribution >= 4 is 0 Å². The van der Waals surface area contributed by atoms with E-state index >= 15 is 0 Å². The number of aryl methyl sites for hydroxylation is 1. The van der Waals surface area contributed by atoms with Crippen molar-refractivity contribution in [1.29, 1.82) is 0 Å². The van der Waals surface area contributed by atoms with E-state index in [0.29, 0.717) is 0 Å². The van der Waals surface area contributed by atoms with E-state index in [2.05, 4.69) is 26.3 Å². The zero-order chi connectivity index (χ0) is 12.4. The molecule has 3 heterocycles. The fourth-order valence-corrected chi connectivity index (χ4v) is 3.02. The quantitative estimate of drug-likeness (QED) is 0.811. The molecule has 5 nitrogen and oxygen atoms in total. The van der Waals surface area contributed by atoms with Crippen LogP contribution in [0.2, 0.25) is 0 Å². The lowest BCUT2D eigenvalue weighted by Crippen LogP contribution is -2.50. The van der Waals surface area contributed by atoms with Crippen LogP contribution in [0.1, 0.15) is 12.1 Å². The summed E-state index contributed by atoms with van der Waals surface area (Å²) in [6.45, 7) is 8.20. The number of nitrogens with zero attached hydrogens (tertiary/aromatic N) is 4. The largest absolute Gasteiger partial charge is 0.315 e. The average Bonchev–Trinajstić information content (AvgIpc) is 3.03. The van der Waals surface area contributed by atoms with Gasteiger partial charge < -0.3 is 5.32 Å². The Hall–Kier alpha value is -0.910. The minimum atomic E-state index is 0.781. The zero-order valence-electron chi connectivity index (χ0n) is 11.2. The zero-order valence-corrected chi connectivity index (χ0v) is 11.2. The van der Waals surface area contributed by atoms with Crippen molar-refractivity contribution < 1.29 is 0 Å². The topological polar surface area (TPSA) is 36.3 Å². The van der Waals surface area contributed by atoms with E-state index in [-0.39, 0.29) is 0 Å². The standard InChI is InChI=1S/C13H23N5/c1-16-13(3-5-15-16)11-17-6-8-18(9-7-17)12-2-4-14-10-12/h3,5,12,14H,2,4,6-11H2,1H3. The van der Waals surface area contributed by atoms with E-state index in [1.807, 2.05) is 17.9 Å². The fourth-order valence-electron chi connectivity index (χ4n) is 3.02. The Kier molecular flexibility index (Phi) is 3.63. The van der Waals surface area contributed by atoms with Crippen LogP contribution < -0.4 is 5.32 Å². The Labute approximate surface area is 109 Å². The third-order valence-corrected chi connectivity index (χ3v) is 4.27. The van der Waals surface area contributed by atoms with Crippen LogP contribution in [0.3, 0.4) is 0 Å². The fraction of sp³-hybridized carbons (Fsp3) is 0.769. The third-order valence-electron chi connectivity index (χ3n) is 4.27. The number of piperazine rings is 1. The van der Waals surface area contributed by atoms with E-state index < -0.39 is 0 Å². The molecule has 1 aromatic rings. The predicted octanol–water partition coefficient (Wildman–Crippen LogP) is -0.100. The summed E-state index contributed by atoms with van der Waals surface area (Å²) in [5.74, 6) is 0. The van der Waals surface area contributed by atoms with Crippen LogP contribution in [0.15, 0.2) is 12.3 Å². The van der Waals surface area contributed by atoms with Crippen LogP contribution in [-0.4, -0.2) is 64.9 Å². The van der Waals surface area contributed by atoms with Crippen molar-refractivity contribution in [3.8, 4) is 0 Å². The first-order chi connectivity index (χ1) is 8.83. The molecule has 0 bridgehead atoms. The van der Waals surface area contributed by atoms with Gasteiger partial charge in [-0.25, -0.2) is 0 Å². The monoisotopic (exact) mass is 249 g/mol. The Balaban J connectivity index is 1.49. The Morgan fingerprint density at radius 2 is 2.17 bits per heavy atom. The second kappa shape index (κ2) is 5.38. The van der Waals surface area contributed by atoms with Crippen molar-refractivity contribution in [3.63, 3.8) is 0 Å². The van der Waals surface area contributed by atoms with Gasteiger partial charge in [0, 0.05) is 58.6 Å². The molecule has 0 spiro atoms. The lowest BCUT2D eigenvalue weighted by molar-refractivity contribution is 0.0966. The molecule has 0 amide bonds. The Morgan fingerprint density at radius 1 is 1.33 bits per heavy atom. The number of hydrogen-bond donors (Lipinski definition) is 1. The van der Waals surface area contributed by atoms with Crippen molar-refractivity contribution in [2.75, 3.05) is 39.3 Å². The molecule has 2 fully saturated rings. The highest BCUT2D eigenvalue weighted by molar-refractivity contribution is 5.00. The highest BCUT2D eigenvalue weighted by Crippen LogP contribution is 2.13. The summed E-state index contributed by atoms with van der Waals surface area (Å²) in [6.07, 6.45) is 3.21. The maximum absolute atomic E-state index is 4.23. The Morgan fingerprint density at radius 3 is 2.78 bits per heavy atom. The summed E-state index contributed by atoms with van der Waals surface area (Å²) in [4.78, 5) is 5.19. The minimum Gasteiger partial charge on any atom is -0.315 e. The van der Waals surface area contributed by atoms with Gasteiger partial charge in [-0.1, -0.05) is 0 Å². The highest BCUT2D eigenvalue weighted by atomic mass is 15.3. The average molecular weight is 249 g/mol. The molecule has 0 aliphatic carbocycles. The van der Waals surface area contributed by atoms with Gasteiger partial charge in [-0.05, 0) is 19.0 Å². The van der Waals surface area contributed by atoms with Gasteiger partial charge in [0.15, 0.2) is 0 Å². The molecule has 0 aromatic carbocycles. The van der Waals surface area contributed by atoms with Crippen molar-refractivity contribution in [1.82, 2.24) is 24.9 Å². The SMILES string of the molecule is Cn1nccc1CN1CCN(C2CCNC2)CC1. The number of hydrogen-bond acceptors (Lipinski definition) is 4. The first kappa shape index (κ1) is 12.1. The molecule has 3 rings (SSSR count). The molecular weight excluding hydrogens is 226 g/mol. The molecule has 2 aliphatic heterocycles. The van der Waals surface area contributed by atoms with Crippen LogP contribution in [0.25, 0.3) is 0 Å². The van der Waals surface area contributed by atoms with Gasteiger partial charge in [-0.15, -0.1) is 0 Å². The molecule has 100 valence electrons. The van der Waals surface area contributed by atoms with E-state index in [4.69, 9.17) is 0 Å². The van der Waals surface area contributed by atoms with E-state index in [9.17, 15) is 0 Å². The van der Waals surface area contributed by atoms with Gasteiger partial charge in [0.05, 0.1) is 5.69 Å². The summed E-state index contributed by atoms with van der Waals surface area (Å²) in [5, 5.41) is 7.69. The molecule has 1 aromatic heterocycles. The van der Waals surface area contributed by atoms with Crippen LogP contribution in [0.4, 0.5) is 0 Å². The summed E-state index contributed by atoms with van der Waals surface area (Å²) in [5.41, 5.74) is 1.31. The van der Waals surface area contributed by atoms with Crippen LogP contribution in [0.5, 0.6) is 0 Å². The predicted molar refractivity (Wildman–Crippen MR) is 71.3 cm³/mol. The molecule has 2 aliphatic rings. The molecule has 5 heteroatoms. The molecule has 1 N–H and O–H groups in total. The van der Waals surface area contributed by atoms with Crippen LogP contribution in [-0.2, 0) is 13.6 Å². The smallest absolute Gasteiger partial charge is 0.0521 e. The second-order valence-electron chi connectivity index (χ2n) is 5.40. The third kappa shape index (κ3) is 2.58. The van der Waals surface area contributed by atoms with Gasteiger partial charge in [0.2, 0.25) is 0 Å². The van der Waals surface area contributed by atoms with Gasteiger partial charge in [-0.3, -0.25) is 14.5 Å². The minimum absolute atomic E-state index is 0.781. The molecule has 1 unspecified atom stereocenters. The number of aromatic nitrogens is 2. The van der Waals surface area contributed by atoms with Gasteiger partial charge in [0.25, 0.3) is 0 Å². The Bertz CT molecular complexity index is 374. The maximum Gasteiger partial charge on any atom is 0.0521 e. The van der Waals surface area contributed by atoms with Crippen molar-refractivity contribution in [2.45, 2.75) is 19.0 Å². The first-order valence-corrected chi connectivity index (χ1v) is 6.97. The molecule has 0 radical (unpaired) electrons. The molecule has 1 atom stereocenters. The number of nitrogens with one attached hydrogen (secondary N) is 1. The van der Waals surface area contributed by atoms with E-state index in [1.54, 1.807) is 0 Å². The van der Waals surface area contributed by atoms with Gasteiger partial charge >= 0.3 is 0 Å². The molecule has 18 heavy (non-hydrogen) atoms. The van der Waals surface area contributed by atoms with Gasteiger partial charge in [0.1, 0.15) is 0 Å². The maximum atomic E-state index is 4.23. The summed E-state index contributed by atoms with van der Waals surface area (Å²) >= 11 is 0. The lowest BCUT2D eigenvalue weighted by Gasteiger charge is -2.37. The summed E-state index contributed by atoms with van der Waals surface area (Å²) < 4.78 is 1.98. The highest BCUT2D eigenvalue weighted by Gasteiger charge is 2.26. The van der Waals surface area contributed by atoms with Crippen LogP contribution >= 0.6 is 0 Å². The van der Waals surface area contributed by atoms with Gasteiger partial charge in [-0.2, -0.15) is 5.10 Å². The number of rotatable bonds is 3. The second-order valence-corrected chi connectivity index (χ2v) is 5.40. The molecule has 0 saturated carbocycles. The normalized spacial score (nSPS) is 26.8. The van der Waals surface area contributed by atoms with E-state index in [0.717, 1.165) is 12.6 Å². The van der Waals surface area contributed by atoms with Crippen LogP contribution in [0, 0.1) is 0 Å². The van der Waals surface area contributed by atoms with Crippen molar-refractivity contribution in [2.24, 2.45) is 7.05 Å². The molecular formula is C13H23N5. The van der Waals surface area contributed by atoms with Crippen molar-refractivity contribution in [3.05, 3.63) is 18.0 Å². The summed E-state index contributed by atoms with van der Waals surface area (Å²) in [6, 6.07) is 2.90. The summed E-state index contributed by atoms with van der Waals surface area (Å²) in [7, 11) is 2.02. The first-order valence-electron chi connectivity index (χ1n) is 6.97. The molecule has 2 saturated heterocycles.